The Balaban J connectivity index is 1.72. The van der Waals surface area contributed by atoms with E-state index in [1.165, 1.54) is 18.2 Å². The average molecular weight is 505 g/mol. The number of nitrogens with zero attached hydrogens (tertiary/aromatic N) is 2. The van der Waals surface area contributed by atoms with Crippen LogP contribution in [0.4, 0.5) is 0 Å². The van der Waals surface area contributed by atoms with E-state index in [-0.39, 0.29) is 35.5 Å². The summed E-state index contributed by atoms with van der Waals surface area (Å²) in [6, 6.07) is 3.28. The van der Waals surface area contributed by atoms with Crippen molar-refractivity contribution >= 4 is 23.6 Å². The quantitative estimate of drug-likeness (QED) is 0.511. The topological polar surface area (TPSA) is 138 Å². The third-order valence-corrected chi connectivity index (χ3v) is 6.23. The predicted molar refractivity (Wildman–Crippen MR) is 131 cm³/mol. The number of rotatable bonds is 1. The second-order valence-electron chi connectivity index (χ2n) is 9.20. The molecule has 2 bridgehead atoms. The first kappa shape index (κ1) is 27.3. The fourth-order valence-electron chi connectivity index (χ4n) is 4.27. The summed E-state index contributed by atoms with van der Waals surface area (Å²) in [6.07, 6.45) is 3.07. The molecule has 3 N–H and O–H groups in total. The summed E-state index contributed by atoms with van der Waals surface area (Å²) in [7, 11) is 1.68. The average Bonchev–Trinajstić information content (AvgIpc) is 3.39. The van der Waals surface area contributed by atoms with Crippen molar-refractivity contribution in [3.63, 3.8) is 0 Å². The zero-order valence-corrected chi connectivity index (χ0v) is 21.0. The molecule has 2 aliphatic rings. The lowest BCUT2D eigenvalue weighted by atomic mass is 10.1. The Hall–Kier alpha value is -3.34. The maximum Gasteiger partial charge on any atom is 0.258 e. The Kier molecular flexibility index (Phi) is 9.92. The molecular weight excluding hydrogens is 468 g/mol. The smallest absolute Gasteiger partial charge is 0.258 e. The summed E-state index contributed by atoms with van der Waals surface area (Å²) >= 11 is 0. The van der Waals surface area contributed by atoms with Crippen LogP contribution in [0.15, 0.2) is 18.2 Å². The number of amides is 4. The van der Waals surface area contributed by atoms with Gasteiger partial charge in [0.05, 0.1) is 0 Å². The fourth-order valence-corrected chi connectivity index (χ4v) is 4.27. The highest BCUT2D eigenvalue weighted by Gasteiger charge is 2.28. The summed E-state index contributed by atoms with van der Waals surface area (Å²) in [6.45, 7) is 3.61. The van der Waals surface area contributed by atoms with Crippen LogP contribution in [0.2, 0.25) is 0 Å². The molecule has 0 spiro atoms. The van der Waals surface area contributed by atoms with E-state index in [0.29, 0.717) is 58.5 Å². The van der Waals surface area contributed by atoms with E-state index < -0.39 is 24.0 Å². The van der Waals surface area contributed by atoms with Crippen LogP contribution in [-0.2, 0) is 19.1 Å². The molecule has 0 radical (unpaired) electrons. The van der Waals surface area contributed by atoms with Gasteiger partial charge in [-0.3, -0.25) is 19.2 Å². The molecule has 1 aromatic carbocycles. The minimum atomic E-state index is -0.750. The van der Waals surface area contributed by atoms with Gasteiger partial charge in [0.2, 0.25) is 5.91 Å². The fraction of sp³-hybridized carbons (Fsp3) is 0.600. The number of ether oxygens (including phenoxy) is 2. The maximum absolute atomic E-state index is 13.0. The van der Waals surface area contributed by atoms with Gasteiger partial charge < -0.3 is 35.0 Å². The zero-order valence-electron chi connectivity index (χ0n) is 21.0. The second-order valence-corrected chi connectivity index (χ2v) is 9.20. The number of phenolic OH excluding ortho intramolecular Hbond substituents is 1. The van der Waals surface area contributed by atoms with Gasteiger partial charge >= 0.3 is 0 Å². The monoisotopic (exact) mass is 504 g/mol. The molecule has 2 heterocycles. The van der Waals surface area contributed by atoms with Gasteiger partial charge in [0, 0.05) is 51.5 Å². The Morgan fingerprint density at radius 1 is 1.06 bits per heavy atom. The van der Waals surface area contributed by atoms with Crippen LogP contribution in [0, 0.1) is 0 Å². The van der Waals surface area contributed by atoms with E-state index in [4.69, 9.17) is 9.47 Å². The van der Waals surface area contributed by atoms with Gasteiger partial charge in [0.15, 0.2) is 6.61 Å². The predicted octanol–water partition coefficient (Wildman–Crippen LogP) is 0.655. The van der Waals surface area contributed by atoms with Gasteiger partial charge in [0.25, 0.3) is 17.7 Å². The first-order valence-electron chi connectivity index (χ1n) is 12.4. The largest absolute Gasteiger partial charge is 0.508 e. The molecule has 3 rings (SSSR count). The number of aromatic hydroxyl groups is 1. The lowest BCUT2D eigenvalue weighted by Gasteiger charge is -2.26. The van der Waals surface area contributed by atoms with Crippen molar-refractivity contribution in [3.05, 3.63) is 23.8 Å². The van der Waals surface area contributed by atoms with E-state index in [1.54, 1.807) is 23.8 Å². The van der Waals surface area contributed by atoms with Crippen molar-refractivity contribution in [1.29, 1.82) is 0 Å². The van der Waals surface area contributed by atoms with E-state index in [9.17, 15) is 24.3 Å². The van der Waals surface area contributed by atoms with Gasteiger partial charge in [-0.1, -0.05) is 0 Å². The lowest BCUT2D eigenvalue weighted by molar-refractivity contribution is -0.141. The van der Waals surface area contributed by atoms with Crippen molar-refractivity contribution in [2.24, 2.45) is 0 Å². The van der Waals surface area contributed by atoms with Crippen LogP contribution < -0.4 is 15.4 Å². The van der Waals surface area contributed by atoms with Crippen molar-refractivity contribution < 1.29 is 33.8 Å². The molecule has 0 aromatic heterocycles. The molecule has 0 unspecified atom stereocenters. The van der Waals surface area contributed by atoms with Crippen LogP contribution in [0.5, 0.6) is 11.5 Å². The molecule has 1 fully saturated rings. The standard InChI is InChI=1S/C25H36N4O7/c1-17-24(33)28(2)9-3-4-10-29(25(34)21-7-5-12-35-21)11-6-8-26-23(32)18-13-19(30)15-20(14-18)36-16-22(31)27-17/h13-15,17,21,30H,3-12,16H2,1-2H3,(H,26,32)(H,27,31)/t17-,21-/m0/s1. The number of fused-ring (bicyclic) bond motifs is 2. The molecule has 36 heavy (non-hydrogen) atoms. The minimum absolute atomic E-state index is 0.0449. The summed E-state index contributed by atoms with van der Waals surface area (Å²) in [5.74, 6) is -1.23. The SMILES string of the molecule is C[C@@H]1NC(=O)COc2cc(O)cc(c2)C(=O)NCCCN(C(=O)[C@@H]2CCCO2)CCCCN(C)C1=O. The summed E-state index contributed by atoms with van der Waals surface area (Å²) in [4.78, 5) is 53.8. The Morgan fingerprint density at radius 3 is 2.56 bits per heavy atom. The summed E-state index contributed by atoms with van der Waals surface area (Å²) in [5, 5.41) is 15.4. The van der Waals surface area contributed by atoms with Crippen molar-refractivity contribution in [1.82, 2.24) is 20.4 Å². The Bertz CT molecular complexity index is 948. The lowest BCUT2D eigenvalue weighted by Crippen LogP contribution is -2.47. The third kappa shape index (κ3) is 7.84. The molecule has 0 aliphatic carbocycles. The van der Waals surface area contributed by atoms with E-state index in [1.807, 2.05) is 0 Å². The number of hydrogen-bond acceptors (Lipinski definition) is 7. The van der Waals surface area contributed by atoms with Crippen LogP contribution in [0.1, 0.15) is 49.4 Å². The summed E-state index contributed by atoms with van der Waals surface area (Å²) in [5.41, 5.74) is 0.178. The van der Waals surface area contributed by atoms with Crippen LogP contribution in [0.3, 0.4) is 0 Å². The number of hydrogen-bond donors (Lipinski definition) is 3. The highest BCUT2D eigenvalue weighted by molar-refractivity contribution is 5.95. The van der Waals surface area contributed by atoms with Gasteiger partial charge in [-0.2, -0.15) is 0 Å². The molecule has 11 nitrogen and oxygen atoms in total. The molecule has 0 saturated carbocycles. The zero-order chi connectivity index (χ0) is 26.1. The number of carbonyl (C=O) groups is 4. The Labute approximate surface area is 211 Å². The van der Waals surface area contributed by atoms with Crippen molar-refractivity contribution in [3.8, 4) is 11.5 Å². The van der Waals surface area contributed by atoms with Crippen molar-refractivity contribution in [2.75, 3.05) is 46.4 Å². The van der Waals surface area contributed by atoms with E-state index in [0.717, 1.165) is 6.42 Å². The summed E-state index contributed by atoms with van der Waals surface area (Å²) < 4.78 is 11.0. The first-order valence-corrected chi connectivity index (χ1v) is 12.4. The van der Waals surface area contributed by atoms with Gasteiger partial charge in [-0.05, 0) is 51.2 Å². The van der Waals surface area contributed by atoms with E-state index >= 15 is 0 Å². The van der Waals surface area contributed by atoms with Crippen LogP contribution in [-0.4, -0.2) is 97.1 Å². The first-order chi connectivity index (χ1) is 17.2. The number of likely N-dealkylation sites (N-methyl/N-ethyl adjacent to an activating group) is 1. The molecule has 11 heteroatoms. The van der Waals surface area contributed by atoms with E-state index in [2.05, 4.69) is 10.6 Å². The van der Waals surface area contributed by atoms with Crippen LogP contribution in [0.25, 0.3) is 0 Å². The Morgan fingerprint density at radius 2 is 1.81 bits per heavy atom. The normalized spacial score (nSPS) is 23.4. The van der Waals surface area contributed by atoms with Gasteiger partial charge in [-0.25, -0.2) is 0 Å². The van der Waals surface area contributed by atoms with Gasteiger partial charge in [-0.15, -0.1) is 0 Å². The second kappa shape index (κ2) is 13.1. The number of benzene rings is 1. The molecular formula is C25H36N4O7. The maximum atomic E-state index is 13.0. The number of phenols is 1. The highest BCUT2D eigenvalue weighted by Crippen LogP contribution is 2.22. The highest BCUT2D eigenvalue weighted by atomic mass is 16.5. The minimum Gasteiger partial charge on any atom is -0.508 e. The van der Waals surface area contributed by atoms with Crippen molar-refractivity contribution in [2.45, 2.75) is 51.2 Å². The van der Waals surface area contributed by atoms with Crippen LogP contribution >= 0.6 is 0 Å². The molecule has 198 valence electrons. The number of carbonyl (C=O) groups excluding carboxylic acids is 4. The van der Waals surface area contributed by atoms with Gasteiger partial charge in [0.1, 0.15) is 23.6 Å². The molecule has 2 aliphatic heterocycles. The number of nitrogens with one attached hydrogen (secondary N) is 2. The molecule has 2 atom stereocenters. The molecule has 4 amide bonds. The third-order valence-electron chi connectivity index (χ3n) is 6.23. The molecule has 1 aromatic rings. The molecule has 1 saturated heterocycles.